The van der Waals surface area contributed by atoms with E-state index in [0.717, 1.165) is 6.92 Å². The second-order valence-corrected chi connectivity index (χ2v) is 4.33. The number of hydrogen-bond donors (Lipinski definition) is 0. The zero-order valence-electron chi connectivity index (χ0n) is 8.07. The van der Waals surface area contributed by atoms with Crippen molar-refractivity contribution in [1.82, 2.24) is 0 Å². The number of carbonyl (C=O) groups is 1. The molecule has 1 aromatic rings. The minimum absolute atomic E-state index is 0.0770. The zero-order chi connectivity index (χ0) is 11.8. The molecule has 1 rings (SSSR count). The summed E-state index contributed by atoms with van der Waals surface area (Å²) >= 11 is 1.74. The molecule has 0 amide bonds. The average molecular weight is 328 g/mol. The predicted octanol–water partition coefficient (Wildman–Crippen LogP) is 3.82. The first-order valence-electron chi connectivity index (χ1n) is 4.12. The van der Waals surface area contributed by atoms with E-state index in [4.69, 9.17) is 0 Å². The highest BCUT2D eigenvalue weighted by Crippen LogP contribution is 2.36. The van der Waals surface area contributed by atoms with E-state index in [1.165, 1.54) is 19.1 Å². The van der Waals surface area contributed by atoms with Crippen molar-refractivity contribution in [2.24, 2.45) is 0 Å². The third-order valence-corrected chi connectivity index (χ3v) is 2.90. The van der Waals surface area contributed by atoms with Gasteiger partial charge in [0, 0.05) is 9.13 Å². The molecule has 82 valence electrons. The van der Waals surface area contributed by atoms with Crippen LogP contribution in [-0.4, -0.2) is 5.78 Å². The zero-order valence-corrected chi connectivity index (χ0v) is 10.2. The lowest BCUT2D eigenvalue weighted by atomic mass is 9.99. The third-order valence-electron chi connectivity index (χ3n) is 2.00. The lowest BCUT2D eigenvalue weighted by Gasteiger charge is -2.15. The maximum Gasteiger partial charge on any atom is 0.417 e. The first-order chi connectivity index (χ1) is 6.75. The van der Waals surface area contributed by atoms with Gasteiger partial charge in [-0.3, -0.25) is 4.79 Å². The van der Waals surface area contributed by atoms with Crippen molar-refractivity contribution in [3.63, 3.8) is 0 Å². The Labute approximate surface area is 98.8 Å². The van der Waals surface area contributed by atoms with E-state index in [1.807, 2.05) is 0 Å². The first kappa shape index (κ1) is 12.5. The molecule has 0 heterocycles. The van der Waals surface area contributed by atoms with Gasteiger partial charge in [-0.05, 0) is 48.1 Å². The molecule has 0 spiro atoms. The summed E-state index contributed by atoms with van der Waals surface area (Å²) in [4.78, 5) is 11.2. The van der Waals surface area contributed by atoms with Gasteiger partial charge in [-0.15, -0.1) is 0 Å². The molecule has 0 atom stereocenters. The van der Waals surface area contributed by atoms with Crippen LogP contribution in [0.4, 0.5) is 13.2 Å². The number of carbonyl (C=O) groups excluding carboxylic acids is 1. The maximum absolute atomic E-state index is 12.7. The van der Waals surface area contributed by atoms with Crippen LogP contribution in [-0.2, 0) is 6.18 Å². The van der Waals surface area contributed by atoms with E-state index in [0.29, 0.717) is 3.57 Å². The first-order valence-corrected chi connectivity index (χ1v) is 5.20. The maximum atomic E-state index is 12.7. The molecule has 0 radical (unpaired) electrons. The molecule has 15 heavy (non-hydrogen) atoms. The van der Waals surface area contributed by atoms with Crippen LogP contribution in [0.2, 0.25) is 0 Å². The minimum Gasteiger partial charge on any atom is -0.294 e. The number of ketones is 1. The van der Waals surface area contributed by atoms with Gasteiger partial charge in [0.05, 0.1) is 5.56 Å². The van der Waals surface area contributed by atoms with Crippen molar-refractivity contribution in [1.29, 1.82) is 0 Å². The number of hydrogen-bond acceptors (Lipinski definition) is 1. The summed E-state index contributed by atoms with van der Waals surface area (Å²) in [6, 6.07) is 2.89. The molecule has 0 saturated heterocycles. The van der Waals surface area contributed by atoms with Gasteiger partial charge in [0.15, 0.2) is 5.78 Å². The second kappa shape index (κ2) is 4.11. The van der Waals surface area contributed by atoms with Crippen LogP contribution in [0.15, 0.2) is 12.1 Å². The van der Waals surface area contributed by atoms with Gasteiger partial charge in [0.2, 0.25) is 0 Å². The Kier molecular flexibility index (Phi) is 3.42. The summed E-state index contributed by atoms with van der Waals surface area (Å²) in [5, 5.41) is 0. The highest BCUT2D eigenvalue weighted by Gasteiger charge is 2.37. The molecule has 0 fully saturated rings. The van der Waals surface area contributed by atoms with Crippen molar-refractivity contribution in [2.75, 3.05) is 0 Å². The highest BCUT2D eigenvalue weighted by atomic mass is 127. The average Bonchev–Trinajstić information content (AvgIpc) is 2.05. The van der Waals surface area contributed by atoms with E-state index >= 15 is 0 Å². The molecule has 0 aliphatic heterocycles. The fraction of sp³-hybridized carbons (Fsp3) is 0.300. The van der Waals surface area contributed by atoms with Crippen molar-refractivity contribution >= 4 is 28.4 Å². The van der Waals surface area contributed by atoms with Gasteiger partial charge in [0.1, 0.15) is 0 Å². The molecule has 1 aromatic carbocycles. The van der Waals surface area contributed by atoms with Gasteiger partial charge in [-0.1, -0.05) is 6.07 Å². The van der Waals surface area contributed by atoms with E-state index in [-0.39, 0.29) is 11.1 Å². The SMILES string of the molecule is CC(=O)c1c(I)ccc(C)c1C(F)(F)F. The molecule has 1 nitrogen and oxygen atoms in total. The lowest BCUT2D eigenvalue weighted by Crippen LogP contribution is -2.15. The third kappa shape index (κ3) is 2.50. The Hall–Kier alpha value is -0.590. The Balaban J connectivity index is 3.60. The molecule has 5 heteroatoms. The smallest absolute Gasteiger partial charge is 0.294 e. The number of rotatable bonds is 1. The van der Waals surface area contributed by atoms with Crippen LogP contribution in [0, 0.1) is 10.5 Å². The minimum atomic E-state index is -4.48. The van der Waals surface area contributed by atoms with Gasteiger partial charge < -0.3 is 0 Å². The second-order valence-electron chi connectivity index (χ2n) is 3.17. The van der Waals surface area contributed by atoms with Crippen LogP contribution >= 0.6 is 22.6 Å². The number of halogens is 4. The van der Waals surface area contributed by atoms with Gasteiger partial charge in [-0.25, -0.2) is 0 Å². The molecule has 0 saturated carbocycles. The summed E-state index contributed by atoms with van der Waals surface area (Å²) in [7, 11) is 0. The van der Waals surface area contributed by atoms with E-state index in [2.05, 4.69) is 0 Å². The molecule has 0 bridgehead atoms. The van der Waals surface area contributed by atoms with Crippen molar-refractivity contribution in [2.45, 2.75) is 20.0 Å². The summed E-state index contributed by atoms with van der Waals surface area (Å²) < 4.78 is 38.4. The van der Waals surface area contributed by atoms with Crippen molar-refractivity contribution in [3.05, 3.63) is 32.4 Å². The van der Waals surface area contributed by atoms with Crippen LogP contribution in [0.3, 0.4) is 0 Å². The standard InChI is InChI=1S/C10H8F3IO/c1-5-3-4-7(14)8(6(2)15)9(5)10(11,12)13/h3-4H,1-2H3. The Bertz CT molecular complexity index is 410. The van der Waals surface area contributed by atoms with Crippen LogP contribution in [0.5, 0.6) is 0 Å². The number of Topliss-reactive ketones (excluding diaryl/α,β-unsaturated/α-hetero) is 1. The summed E-state index contributed by atoms with van der Waals surface area (Å²) in [5.74, 6) is -0.560. The molecule has 0 aliphatic rings. The molecule has 0 N–H and O–H groups in total. The monoisotopic (exact) mass is 328 g/mol. The number of benzene rings is 1. The van der Waals surface area contributed by atoms with Crippen LogP contribution in [0.25, 0.3) is 0 Å². The van der Waals surface area contributed by atoms with Gasteiger partial charge in [0.25, 0.3) is 0 Å². The Morgan fingerprint density at radius 2 is 1.87 bits per heavy atom. The molecular formula is C10H8F3IO. The molecule has 0 unspecified atom stereocenters. The quantitative estimate of drug-likeness (QED) is 0.566. The predicted molar refractivity (Wildman–Crippen MR) is 58.9 cm³/mol. The molecular weight excluding hydrogens is 320 g/mol. The van der Waals surface area contributed by atoms with Crippen molar-refractivity contribution in [3.8, 4) is 0 Å². The van der Waals surface area contributed by atoms with E-state index in [9.17, 15) is 18.0 Å². The number of aryl methyl sites for hydroxylation is 1. The topological polar surface area (TPSA) is 17.1 Å². The molecule has 0 aliphatic carbocycles. The Morgan fingerprint density at radius 3 is 2.20 bits per heavy atom. The number of alkyl halides is 3. The van der Waals surface area contributed by atoms with Gasteiger partial charge >= 0.3 is 6.18 Å². The van der Waals surface area contributed by atoms with Crippen molar-refractivity contribution < 1.29 is 18.0 Å². The van der Waals surface area contributed by atoms with E-state index < -0.39 is 17.5 Å². The molecule has 0 aromatic heterocycles. The summed E-state index contributed by atoms with van der Waals surface area (Å²) in [5.41, 5.74) is -0.974. The fourth-order valence-corrected chi connectivity index (χ4v) is 2.22. The summed E-state index contributed by atoms with van der Waals surface area (Å²) in [6.07, 6.45) is -4.48. The normalized spacial score (nSPS) is 11.6. The largest absolute Gasteiger partial charge is 0.417 e. The highest BCUT2D eigenvalue weighted by molar-refractivity contribution is 14.1. The van der Waals surface area contributed by atoms with E-state index in [1.54, 1.807) is 22.6 Å². The summed E-state index contributed by atoms with van der Waals surface area (Å²) in [6.45, 7) is 2.50. The lowest BCUT2D eigenvalue weighted by molar-refractivity contribution is -0.138. The fourth-order valence-electron chi connectivity index (χ4n) is 1.39. The van der Waals surface area contributed by atoms with Gasteiger partial charge in [-0.2, -0.15) is 13.2 Å². The Morgan fingerprint density at radius 1 is 1.33 bits per heavy atom. The van der Waals surface area contributed by atoms with Crippen LogP contribution in [0.1, 0.15) is 28.4 Å². The van der Waals surface area contributed by atoms with Crippen LogP contribution < -0.4 is 0 Å².